The molecule has 0 N–H and O–H groups in total. The number of benzene rings is 1. The van der Waals surface area contributed by atoms with Crippen LogP contribution in [0, 0.1) is 5.82 Å². The summed E-state index contributed by atoms with van der Waals surface area (Å²) in [6.45, 7) is 0.0852. The SMILES string of the molecule is O=C(CSc1ncnc2sccc12)OCC(=O)N(Cc1ccc(F)cc1)C1CCCCC1. The maximum absolute atomic E-state index is 13.3. The smallest absolute Gasteiger partial charge is 0.316 e. The summed E-state index contributed by atoms with van der Waals surface area (Å²) in [5, 5.41) is 3.57. The number of amides is 1. The Labute approximate surface area is 194 Å². The number of carbonyl (C=O) groups excluding carboxylic acids is 2. The molecular formula is C23H24FN3O3S2. The third-order valence-corrected chi connectivity index (χ3v) is 7.31. The van der Waals surface area contributed by atoms with E-state index in [1.54, 1.807) is 17.0 Å². The van der Waals surface area contributed by atoms with E-state index in [-0.39, 0.29) is 30.1 Å². The van der Waals surface area contributed by atoms with E-state index in [0.717, 1.165) is 46.5 Å². The monoisotopic (exact) mass is 473 g/mol. The average Bonchev–Trinajstić information content (AvgIpc) is 3.31. The number of thiophene rings is 1. The number of halogens is 1. The van der Waals surface area contributed by atoms with Gasteiger partial charge in [0.15, 0.2) is 6.61 Å². The standard InChI is InChI=1S/C23H24FN3O3S2/c24-17-8-6-16(7-9-17)12-27(18-4-2-1-3-5-18)20(28)13-30-21(29)14-32-23-19-10-11-31-22(19)25-15-26-23/h6-11,15,18H,1-5,12-14H2. The number of hydrogen-bond donors (Lipinski definition) is 0. The Morgan fingerprint density at radius 1 is 1.12 bits per heavy atom. The molecule has 9 heteroatoms. The number of aromatic nitrogens is 2. The Kier molecular flexibility index (Phi) is 7.70. The van der Waals surface area contributed by atoms with Gasteiger partial charge in [-0.05, 0) is 42.0 Å². The molecule has 2 aromatic heterocycles. The molecule has 1 aliphatic carbocycles. The van der Waals surface area contributed by atoms with E-state index < -0.39 is 5.97 Å². The molecule has 1 fully saturated rings. The maximum Gasteiger partial charge on any atom is 0.316 e. The number of nitrogens with zero attached hydrogens (tertiary/aromatic N) is 3. The quantitative estimate of drug-likeness (QED) is 0.265. The zero-order valence-corrected chi connectivity index (χ0v) is 19.2. The Morgan fingerprint density at radius 3 is 2.69 bits per heavy atom. The molecule has 0 aliphatic heterocycles. The second-order valence-corrected chi connectivity index (χ2v) is 9.57. The van der Waals surface area contributed by atoms with Crippen molar-refractivity contribution in [3.8, 4) is 0 Å². The highest BCUT2D eigenvalue weighted by Gasteiger charge is 2.26. The molecule has 0 saturated heterocycles. The van der Waals surface area contributed by atoms with Crippen molar-refractivity contribution in [2.45, 2.75) is 49.7 Å². The summed E-state index contributed by atoms with van der Waals surface area (Å²) in [7, 11) is 0. The predicted octanol–water partition coefficient (Wildman–Crippen LogP) is 4.83. The minimum absolute atomic E-state index is 0.0661. The number of hydrogen-bond acceptors (Lipinski definition) is 7. The van der Waals surface area contributed by atoms with Gasteiger partial charge in [-0.25, -0.2) is 14.4 Å². The fourth-order valence-corrected chi connectivity index (χ4v) is 5.45. The second-order valence-electron chi connectivity index (χ2n) is 7.71. The van der Waals surface area contributed by atoms with Gasteiger partial charge in [0.1, 0.15) is 22.0 Å². The van der Waals surface area contributed by atoms with Crippen LogP contribution < -0.4 is 0 Å². The van der Waals surface area contributed by atoms with E-state index in [2.05, 4.69) is 9.97 Å². The highest BCUT2D eigenvalue weighted by molar-refractivity contribution is 8.00. The van der Waals surface area contributed by atoms with Crippen molar-refractivity contribution in [2.24, 2.45) is 0 Å². The van der Waals surface area contributed by atoms with Gasteiger partial charge < -0.3 is 9.64 Å². The third kappa shape index (κ3) is 5.83. The first-order valence-electron chi connectivity index (χ1n) is 10.6. The van der Waals surface area contributed by atoms with E-state index in [4.69, 9.17) is 4.74 Å². The van der Waals surface area contributed by atoms with Crippen LogP contribution in [0.3, 0.4) is 0 Å². The van der Waals surface area contributed by atoms with Gasteiger partial charge in [0.2, 0.25) is 0 Å². The predicted molar refractivity (Wildman–Crippen MR) is 123 cm³/mol. The lowest BCUT2D eigenvalue weighted by molar-refractivity contribution is -0.151. The Bertz CT molecular complexity index is 1070. The largest absolute Gasteiger partial charge is 0.455 e. The van der Waals surface area contributed by atoms with E-state index in [9.17, 15) is 14.0 Å². The number of fused-ring (bicyclic) bond motifs is 1. The lowest BCUT2D eigenvalue weighted by atomic mass is 9.93. The fraction of sp³-hybridized carbons (Fsp3) is 0.391. The number of ether oxygens (including phenoxy) is 1. The maximum atomic E-state index is 13.3. The molecule has 1 amide bonds. The van der Waals surface area contributed by atoms with Crippen LogP contribution in [0.5, 0.6) is 0 Å². The summed E-state index contributed by atoms with van der Waals surface area (Å²) in [5.74, 6) is -0.923. The van der Waals surface area contributed by atoms with Gasteiger partial charge in [-0.3, -0.25) is 9.59 Å². The zero-order valence-electron chi connectivity index (χ0n) is 17.5. The van der Waals surface area contributed by atoms with E-state index in [1.165, 1.54) is 48.0 Å². The lowest BCUT2D eigenvalue weighted by Gasteiger charge is -2.34. The van der Waals surface area contributed by atoms with Crippen LogP contribution >= 0.6 is 23.1 Å². The summed E-state index contributed by atoms with van der Waals surface area (Å²) in [6.07, 6.45) is 6.66. The molecular weight excluding hydrogens is 449 g/mol. The zero-order chi connectivity index (χ0) is 22.3. The number of esters is 1. The molecule has 0 unspecified atom stereocenters. The van der Waals surface area contributed by atoms with Gasteiger partial charge in [-0.1, -0.05) is 43.2 Å². The van der Waals surface area contributed by atoms with Crippen LogP contribution in [-0.4, -0.2) is 45.1 Å². The molecule has 1 aromatic carbocycles. The first-order valence-corrected chi connectivity index (χ1v) is 12.5. The van der Waals surface area contributed by atoms with Gasteiger partial charge >= 0.3 is 5.97 Å². The van der Waals surface area contributed by atoms with Crippen molar-refractivity contribution in [1.82, 2.24) is 14.9 Å². The van der Waals surface area contributed by atoms with Gasteiger partial charge in [0, 0.05) is 18.0 Å². The van der Waals surface area contributed by atoms with Crippen molar-refractivity contribution < 1.29 is 18.7 Å². The fourth-order valence-electron chi connectivity index (χ4n) is 3.88. The van der Waals surface area contributed by atoms with Gasteiger partial charge in [0.25, 0.3) is 5.91 Å². The third-order valence-electron chi connectivity index (χ3n) is 5.51. The summed E-state index contributed by atoms with van der Waals surface area (Å²) in [4.78, 5) is 36.4. The van der Waals surface area contributed by atoms with Crippen molar-refractivity contribution in [3.05, 3.63) is 53.4 Å². The van der Waals surface area contributed by atoms with Crippen molar-refractivity contribution in [1.29, 1.82) is 0 Å². The highest BCUT2D eigenvalue weighted by atomic mass is 32.2. The molecule has 4 rings (SSSR count). The summed E-state index contributed by atoms with van der Waals surface area (Å²) in [5.41, 5.74) is 0.857. The molecule has 168 valence electrons. The minimum Gasteiger partial charge on any atom is -0.455 e. The Balaban J connectivity index is 1.34. The number of thioether (sulfide) groups is 1. The number of carbonyl (C=O) groups is 2. The van der Waals surface area contributed by atoms with Crippen molar-refractivity contribution in [2.75, 3.05) is 12.4 Å². The van der Waals surface area contributed by atoms with Crippen LogP contribution in [0.15, 0.2) is 47.1 Å². The molecule has 0 spiro atoms. The van der Waals surface area contributed by atoms with Gasteiger partial charge in [-0.15, -0.1) is 11.3 Å². The van der Waals surface area contributed by atoms with Crippen LogP contribution in [0.1, 0.15) is 37.7 Å². The minimum atomic E-state index is -0.462. The molecule has 32 heavy (non-hydrogen) atoms. The van der Waals surface area contributed by atoms with Crippen LogP contribution in [-0.2, 0) is 20.9 Å². The van der Waals surface area contributed by atoms with Crippen molar-refractivity contribution >= 4 is 45.2 Å². The van der Waals surface area contributed by atoms with E-state index in [1.807, 2.05) is 11.4 Å². The molecule has 1 saturated carbocycles. The lowest BCUT2D eigenvalue weighted by Crippen LogP contribution is -2.43. The second kappa shape index (κ2) is 10.9. The van der Waals surface area contributed by atoms with Crippen molar-refractivity contribution in [3.63, 3.8) is 0 Å². The average molecular weight is 474 g/mol. The van der Waals surface area contributed by atoms with E-state index >= 15 is 0 Å². The molecule has 1 aliphatic rings. The summed E-state index contributed by atoms with van der Waals surface area (Å²) in [6, 6.07) is 8.21. The molecule has 0 bridgehead atoms. The van der Waals surface area contributed by atoms with Crippen LogP contribution in [0.2, 0.25) is 0 Å². The highest BCUT2D eigenvalue weighted by Crippen LogP contribution is 2.28. The van der Waals surface area contributed by atoms with Gasteiger partial charge in [0.05, 0.1) is 5.75 Å². The molecule has 2 heterocycles. The molecule has 3 aromatic rings. The molecule has 6 nitrogen and oxygen atoms in total. The Morgan fingerprint density at radius 2 is 1.91 bits per heavy atom. The topological polar surface area (TPSA) is 72.4 Å². The van der Waals surface area contributed by atoms with Crippen LogP contribution in [0.4, 0.5) is 4.39 Å². The first-order chi connectivity index (χ1) is 15.6. The Hall–Kier alpha value is -2.52. The summed E-state index contributed by atoms with van der Waals surface area (Å²) < 4.78 is 18.6. The van der Waals surface area contributed by atoms with E-state index in [0.29, 0.717) is 6.54 Å². The normalized spacial score (nSPS) is 14.4. The first kappa shape index (κ1) is 22.7. The number of rotatable bonds is 8. The summed E-state index contributed by atoms with van der Waals surface area (Å²) >= 11 is 2.79. The van der Waals surface area contributed by atoms with Crippen LogP contribution in [0.25, 0.3) is 10.2 Å². The molecule has 0 atom stereocenters. The molecule has 0 radical (unpaired) electrons. The van der Waals surface area contributed by atoms with Gasteiger partial charge in [-0.2, -0.15) is 0 Å².